The van der Waals surface area contributed by atoms with Gasteiger partial charge < -0.3 is 5.73 Å². The van der Waals surface area contributed by atoms with E-state index in [1.54, 1.807) is 38.4 Å². The number of nitrogens with zero attached hydrogens (tertiary/aromatic N) is 1. The second-order valence-corrected chi connectivity index (χ2v) is 8.16. The highest BCUT2D eigenvalue weighted by Gasteiger charge is 2.31. The van der Waals surface area contributed by atoms with E-state index in [0.717, 1.165) is 5.56 Å². The van der Waals surface area contributed by atoms with Gasteiger partial charge in [0.25, 0.3) is 0 Å². The van der Waals surface area contributed by atoms with Crippen molar-refractivity contribution in [1.82, 2.24) is 9.71 Å². The molecule has 5 nitrogen and oxygen atoms in total. The molecular weight excluding hydrogens is 330 g/mol. The predicted octanol–water partition coefficient (Wildman–Crippen LogP) is 2.90. The van der Waals surface area contributed by atoms with Crippen LogP contribution in [0.5, 0.6) is 0 Å². The van der Waals surface area contributed by atoms with Gasteiger partial charge in [0.1, 0.15) is 9.90 Å². The van der Waals surface area contributed by atoms with E-state index in [4.69, 9.17) is 17.3 Å². The zero-order valence-electron chi connectivity index (χ0n) is 11.8. The highest BCUT2D eigenvalue weighted by Crippen LogP contribution is 2.30. The molecule has 0 saturated carbocycles. The predicted molar refractivity (Wildman–Crippen MR) is 86.1 cm³/mol. The van der Waals surface area contributed by atoms with Crippen LogP contribution >= 0.6 is 22.9 Å². The number of halogens is 1. The third-order valence-corrected chi connectivity index (χ3v) is 6.18. The van der Waals surface area contributed by atoms with Gasteiger partial charge in [0.05, 0.1) is 10.6 Å². The maximum absolute atomic E-state index is 12.6. The molecule has 0 unspecified atom stereocenters. The van der Waals surface area contributed by atoms with Crippen LogP contribution in [-0.4, -0.2) is 13.4 Å². The standard InChI is InChI=1S/C13H16ClN3O2S2/c1-8-6-9(14)11(7-10(8)15)21(18,19)17-13(2,3)12-16-4-5-20-12/h4-7,17H,15H2,1-3H3. The molecule has 0 atom stereocenters. The van der Waals surface area contributed by atoms with Crippen LogP contribution in [-0.2, 0) is 15.6 Å². The molecule has 3 N–H and O–H groups in total. The van der Waals surface area contributed by atoms with Crippen LogP contribution in [0.15, 0.2) is 28.6 Å². The van der Waals surface area contributed by atoms with Crippen molar-refractivity contribution in [3.05, 3.63) is 39.3 Å². The number of benzene rings is 1. The van der Waals surface area contributed by atoms with Gasteiger partial charge in [0, 0.05) is 17.3 Å². The number of nitrogens with one attached hydrogen (secondary N) is 1. The maximum atomic E-state index is 12.6. The first kappa shape index (κ1) is 16.2. The van der Waals surface area contributed by atoms with Gasteiger partial charge in [0.2, 0.25) is 10.0 Å². The van der Waals surface area contributed by atoms with Crippen molar-refractivity contribution in [2.45, 2.75) is 31.2 Å². The van der Waals surface area contributed by atoms with Crippen molar-refractivity contribution in [3.8, 4) is 0 Å². The third-order valence-electron chi connectivity index (χ3n) is 2.97. The Bertz CT molecular complexity index is 756. The Kier molecular flexibility index (Phi) is 4.30. The van der Waals surface area contributed by atoms with Crippen LogP contribution in [0.3, 0.4) is 0 Å². The molecule has 0 aliphatic heterocycles. The fourth-order valence-corrected chi connectivity index (χ4v) is 4.62. The first-order valence-corrected chi connectivity index (χ1v) is 8.87. The second-order valence-electron chi connectivity index (χ2n) is 5.21. The van der Waals surface area contributed by atoms with Gasteiger partial charge >= 0.3 is 0 Å². The van der Waals surface area contributed by atoms with Crippen molar-refractivity contribution < 1.29 is 8.42 Å². The van der Waals surface area contributed by atoms with E-state index >= 15 is 0 Å². The van der Waals surface area contributed by atoms with Crippen LogP contribution in [0.1, 0.15) is 24.4 Å². The third kappa shape index (κ3) is 3.37. The second kappa shape index (κ2) is 5.57. The van der Waals surface area contributed by atoms with E-state index in [0.29, 0.717) is 10.7 Å². The molecule has 1 heterocycles. The van der Waals surface area contributed by atoms with E-state index in [9.17, 15) is 8.42 Å². The fourth-order valence-electron chi connectivity index (χ4n) is 1.84. The van der Waals surface area contributed by atoms with Crippen LogP contribution < -0.4 is 10.5 Å². The van der Waals surface area contributed by atoms with Crippen LogP contribution in [0, 0.1) is 6.92 Å². The first-order valence-electron chi connectivity index (χ1n) is 6.13. The highest BCUT2D eigenvalue weighted by atomic mass is 35.5. The number of hydrogen-bond donors (Lipinski definition) is 2. The largest absolute Gasteiger partial charge is 0.398 e. The van der Waals surface area contributed by atoms with Gasteiger partial charge in [-0.2, -0.15) is 4.72 Å². The summed E-state index contributed by atoms with van der Waals surface area (Å²) >= 11 is 7.43. The van der Waals surface area contributed by atoms with E-state index < -0.39 is 15.6 Å². The lowest BCUT2D eigenvalue weighted by Gasteiger charge is -2.24. The SMILES string of the molecule is Cc1cc(Cl)c(S(=O)(=O)NC(C)(C)c2nccs2)cc1N. The summed E-state index contributed by atoms with van der Waals surface area (Å²) in [5.74, 6) is 0. The molecule has 0 amide bonds. The molecule has 114 valence electrons. The summed E-state index contributed by atoms with van der Waals surface area (Å²) in [4.78, 5) is 4.12. The molecule has 0 bridgehead atoms. The van der Waals surface area contributed by atoms with Crippen molar-refractivity contribution >= 4 is 38.6 Å². The van der Waals surface area contributed by atoms with Gasteiger partial charge in [-0.1, -0.05) is 11.6 Å². The minimum atomic E-state index is -3.81. The Morgan fingerprint density at radius 3 is 2.62 bits per heavy atom. The van der Waals surface area contributed by atoms with Crippen molar-refractivity contribution in [2.24, 2.45) is 0 Å². The lowest BCUT2D eigenvalue weighted by atomic mass is 10.1. The maximum Gasteiger partial charge on any atom is 0.243 e. The lowest BCUT2D eigenvalue weighted by molar-refractivity contribution is 0.470. The molecule has 1 aromatic carbocycles. The summed E-state index contributed by atoms with van der Waals surface area (Å²) in [5, 5.41) is 2.61. The monoisotopic (exact) mass is 345 g/mol. The number of nitrogens with two attached hydrogens (primary N) is 1. The number of thiazole rings is 1. The first-order chi connectivity index (χ1) is 9.63. The Balaban J connectivity index is 2.42. The summed E-state index contributed by atoms with van der Waals surface area (Å²) in [7, 11) is -3.81. The molecule has 0 saturated heterocycles. The number of aromatic nitrogens is 1. The smallest absolute Gasteiger partial charge is 0.243 e. The quantitative estimate of drug-likeness (QED) is 0.834. The minimum Gasteiger partial charge on any atom is -0.398 e. The Hall–Kier alpha value is -1.15. The van der Waals surface area contributed by atoms with Gasteiger partial charge in [0.15, 0.2) is 0 Å². The molecule has 2 rings (SSSR count). The van der Waals surface area contributed by atoms with Crippen LogP contribution in [0.2, 0.25) is 5.02 Å². The topological polar surface area (TPSA) is 85.1 Å². The molecule has 21 heavy (non-hydrogen) atoms. The number of nitrogen functional groups attached to an aromatic ring is 1. The Labute approximate surface area is 133 Å². The van der Waals surface area contributed by atoms with Gasteiger partial charge in [-0.3, -0.25) is 0 Å². The van der Waals surface area contributed by atoms with Crippen molar-refractivity contribution in [3.63, 3.8) is 0 Å². The van der Waals surface area contributed by atoms with E-state index in [2.05, 4.69) is 9.71 Å². The average molecular weight is 346 g/mol. The average Bonchev–Trinajstić information content (AvgIpc) is 2.86. The van der Waals surface area contributed by atoms with Crippen molar-refractivity contribution in [2.75, 3.05) is 5.73 Å². The number of hydrogen-bond acceptors (Lipinski definition) is 5. The molecular formula is C13H16ClN3O2S2. The summed E-state index contributed by atoms with van der Waals surface area (Å²) in [6.07, 6.45) is 1.63. The van der Waals surface area contributed by atoms with Gasteiger partial charge in [-0.25, -0.2) is 13.4 Å². The Morgan fingerprint density at radius 2 is 2.05 bits per heavy atom. The highest BCUT2D eigenvalue weighted by molar-refractivity contribution is 7.89. The van der Waals surface area contributed by atoms with Crippen LogP contribution in [0.25, 0.3) is 0 Å². The Morgan fingerprint density at radius 1 is 1.38 bits per heavy atom. The molecule has 1 aromatic heterocycles. The molecule has 2 aromatic rings. The number of anilines is 1. The van der Waals surface area contributed by atoms with E-state index in [1.165, 1.54) is 17.4 Å². The van der Waals surface area contributed by atoms with Gasteiger partial charge in [-0.05, 0) is 38.5 Å². The fraction of sp³-hybridized carbons (Fsp3) is 0.308. The minimum absolute atomic E-state index is 0.0307. The number of aryl methyl sites for hydroxylation is 1. The van der Waals surface area contributed by atoms with E-state index in [1.807, 2.05) is 0 Å². The number of sulfonamides is 1. The molecule has 0 fully saturated rings. The molecule has 0 radical (unpaired) electrons. The molecule has 0 aliphatic carbocycles. The summed E-state index contributed by atoms with van der Waals surface area (Å²) < 4.78 is 27.7. The number of rotatable bonds is 4. The van der Waals surface area contributed by atoms with Crippen molar-refractivity contribution in [1.29, 1.82) is 0 Å². The summed E-state index contributed by atoms with van der Waals surface area (Å²) in [5.41, 5.74) is 6.06. The van der Waals surface area contributed by atoms with E-state index in [-0.39, 0.29) is 9.92 Å². The lowest BCUT2D eigenvalue weighted by Crippen LogP contribution is -2.41. The molecule has 0 spiro atoms. The zero-order valence-corrected chi connectivity index (χ0v) is 14.2. The summed E-state index contributed by atoms with van der Waals surface area (Å²) in [6, 6.07) is 2.92. The zero-order chi connectivity index (χ0) is 15.8. The molecule has 8 heteroatoms. The normalized spacial score (nSPS) is 12.6. The van der Waals surface area contributed by atoms with Gasteiger partial charge in [-0.15, -0.1) is 11.3 Å². The van der Waals surface area contributed by atoms with Crippen LogP contribution in [0.4, 0.5) is 5.69 Å². The molecule has 0 aliphatic rings. The summed E-state index contributed by atoms with van der Waals surface area (Å²) in [6.45, 7) is 5.26.